The van der Waals surface area contributed by atoms with E-state index in [0.29, 0.717) is 18.9 Å². The molecule has 0 spiro atoms. The van der Waals surface area contributed by atoms with Crippen LogP contribution in [-0.2, 0) is 4.74 Å². The molecule has 1 saturated heterocycles. The zero-order chi connectivity index (χ0) is 27.4. The van der Waals surface area contributed by atoms with Crippen molar-refractivity contribution < 1.29 is 9.53 Å². The van der Waals surface area contributed by atoms with Gasteiger partial charge in [-0.15, -0.1) is 0 Å². The summed E-state index contributed by atoms with van der Waals surface area (Å²) >= 11 is 1.62. The van der Waals surface area contributed by atoms with Gasteiger partial charge in [-0.2, -0.15) is 11.3 Å². The molecule has 0 aliphatic carbocycles. The van der Waals surface area contributed by atoms with Crippen molar-refractivity contribution in [2.45, 2.75) is 38.8 Å². The SMILES string of the molecule is CN1CCN(c2nccn3c(-c4ccnc(NC(CCNC(=O)OC(C)(C)C)c5ccsc5)n4)cnc23)CC1. The van der Waals surface area contributed by atoms with Gasteiger partial charge in [-0.1, -0.05) is 0 Å². The van der Waals surface area contributed by atoms with Crippen LogP contribution in [0.15, 0.2) is 47.7 Å². The maximum atomic E-state index is 12.1. The predicted octanol–water partition coefficient (Wildman–Crippen LogP) is 4.07. The lowest BCUT2D eigenvalue weighted by molar-refractivity contribution is 0.0526. The third kappa shape index (κ3) is 6.63. The molecule has 12 heteroatoms. The number of nitrogens with zero attached hydrogens (tertiary/aromatic N) is 7. The Kier molecular flexibility index (Phi) is 7.94. The van der Waals surface area contributed by atoms with E-state index in [1.807, 2.05) is 55.2 Å². The van der Waals surface area contributed by atoms with Gasteiger partial charge in [0.05, 0.1) is 23.6 Å². The van der Waals surface area contributed by atoms with Crippen LogP contribution >= 0.6 is 11.3 Å². The molecule has 4 aromatic heterocycles. The highest BCUT2D eigenvalue weighted by molar-refractivity contribution is 7.08. The molecule has 1 aliphatic heterocycles. The number of piperazine rings is 1. The Morgan fingerprint density at radius 3 is 2.69 bits per heavy atom. The van der Waals surface area contributed by atoms with E-state index in [1.165, 1.54) is 0 Å². The smallest absolute Gasteiger partial charge is 0.407 e. The highest BCUT2D eigenvalue weighted by Crippen LogP contribution is 2.27. The van der Waals surface area contributed by atoms with Crippen molar-refractivity contribution in [2.75, 3.05) is 50.0 Å². The number of hydrogen-bond acceptors (Lipinski definition) is 10. The largest absolute Gasteiger partial charge is 0.444 e. The summed E-state index contributed by atoms with van der Waals surface area (Å²) in [6.07, 6.45) is 7.53. The van der Waals surface area contributed by atoms with Crippen LogP contribution in [-0.4, -0.2) is 80.7 Å². The summed E-state index contributed by atoms with van der Waals surface area (Å²) < 4.78 is 7.40. The molecule has 4 aromatic rings. The van der Waals surface area contributed by atoms with E-state index in [1.54, 1.807) is 17.5 Å². The summed E-state index contributed by atoms with van der Waals surface area (Å²) in [6.45, 7) is 9.81. The van der Waals surface area contributed by atoms with E-state index in [9.17, 15) is 4.79 Å². The van der Waals surface area contributed by atoms with Gasteiger partial charge in [0.15, 0.2) is 11.5 Å². The van der Waals surface area contributed by atoms with Crippen LogP contribution in [0.2, 0.25) is 0 Å². The predicted molar refractivity (Wildman–Crippen MR) is 153 cm³/mol. The molecule has 11 nitrogen and oxygen atoms in total. The second-order valence-electron chi connectivity index (χ2n) is 10.6. The molecule has 0 radical (unpaired) electrons. The molecule has 39 heavy (non-hydrogen) atoms. The van der Waals surface area contributed by atoms with E-state index in [2.05, 4.69) is 48.9 Å². The second kappa shape index (κ2) is 11.5. The van der Waals surface area contributed by atoms with Crippen molar-refractivity contribution in [3.63, 3.8) is 0 Å². The highest BCUT2D eigenvalue weighted by atomic mass is 32.1. The zero-order valence-electron chi connectivity index (χ0n) is 22.8. The molecular formula is C27H35N9O2S. The van der Waals surface area contributed by atoms with E-state index in [-0.39, 0.29) is 6.04 Å². The summed E-state index contributed by atoms with van der Waals surface area (Å²) in [6, 6.07) is 3.86. The number of aromatic nitrogens is 5. The first kappa shape index (κ1) is 26.8. The summed E-state index contributed by atoms with van der Waals surface area (Å²) in [5.74, 6) is 1.39. The molecular weight excluding hydrogens is 514 g/mol. The summed E-state index contributed by atoms with van der Waals surface area (Å²) in [5, 5.41) is 10.4. The Bertz CT molecular complexity index is 1390. The number of carbonyl (C=O) groups excluding carboxylic acids is 1. The van der Waals surface area contributed by atoms with Crippen LogP contribution in [0.4, 0.5) is 16.6 Å². The van der Waals surface area contributed by atoms with E-state index >= 15 is 0 Å². The van der Waals surface area contributed by atoms with E-state index in [0.717, 1.165) is 54.6 Å². The van der Waals surface area contributed by atoms with Crippen molar-refractivity contribution in [1.82, 2.24) is 34.6 Å². The van der Waals surface area contributed by atoms with E-state index in [4.69, 9.17) is 14.7 Å². The number of hydrogen-bond donors (Lipinski definition) is 2. The molecule has 5 rings (SSSR count). The quantitative estimate of drug-likeness (QED) is 0.336. The van der Waals surface area contributed by atoms with E-state index < -0.39 is 11.7 Å². The number of anilines is 2. The Morgan fingerprint density at radius 1 is 1.13 bits per heavy atom. The van der Waals surface area contributed by atoms with Gasteiger partial charge in [0, 0.05) is 51.3 Å². The van der Waals surface area contributed by atoms with Crippen LogP contribution in [0.1, 0.15) is 38.8 Å². The monoisotopic (exact) mass is 549 g/mol. The average Bonchev–Trinajstić information content (AvgIpc) is 3.58. The first-order valence-corrected chi connectivity index (χ1v) is 14.1. The number of thiophene rings is 1. The number of likely N-dealkylation sites (N-methyl/N-ethyl adjacent to an activating group) is 1. The fourth-order valence-corrected chi connectivity index (χ4v) is 5.21. The number of amides is 1. The number of imidazole rings is 1. The van der Waals surface area contributed by atoms with Crippen molar-refractivity contribution in [3.8, 4) is 11.4 Å². The molecule has 0 bridgehead atoms. The molecule has 1 fully saturated rings. The van der Waals surface area contributed by atoms with Gasteiger partial charge in [0.25, 0.3) is 0 Å². The van der Waals surface area contributed by atoms with Gasteiger partial charge in [-0.3, -0.25) is 4.40 Å². The lowest BCUT2D eigenvalue weighted by Gasteiger charge is -2.33. The van der Waals surface area contributed by atoms with Gasteiger partial charge in [-0.05, 0) is 62.7 Å². The standard InChI is InChI=1S/C27H35N9O2S/c1-27(2,3)38-26(37)30-9-5-20(19-7-16-39-18-19)32-25-29-8-6-21(33-25)22-17-31-24-23(28-10-11-36(22)24)35-14-12-34(4)13-15-35/h6-8,10-11,16-18,20H,5,9,12-15H2,1-4H3,(H,30,37)(H,29,32,33). The van der Waals surface area contributed by atoms with Crippen molar-refractivity contribution in [2.24, 2.45) is 0 Å². The molecule has 1 unspecified atom stereocenters. The maximum absolute atomic E-state index is 12.1. The van der Waals surface area contributed by atoms with Gasteiger partial charge in [0.2, 0.25) is 5.95 Å². The third-order valence-electron chi connectivity index (χ3n) is 6.48. The van der Waals surface area contributed by atoms with Crippen LogP contribution in [0.25, 0.3) is 17.0 Å². The molecule has 2 N–H and O–H groups in total. The number of carbonyl (C=O) groups is 1. The fraction of sp³-hybridized carbons (Fsp3) is 0.444. The number of nitrogens with one attached hydrogen (secondary N) is 2. The van der Waals surface area contributed by atoms with Crippen LogP contribution < -0.4 is 15.5 Å². The second-order valence-corrected chi connectivity index (χ2v) is 11.4. The van der Waals surface area contributed by atoms with Crippen molar-refractivity contribution in [3.05, 3.63) is 53.2 Å². The Hall–Kier alpha value is -3.77. The number of rotatable bonds is 8. The first-order valence-electron chi connectivity index (χ1n) is 13.1. The van der Waals surface area contributed by atoms with Crippen LogP contribution in [0, 0.1) is 0 Å². The molecule has 1 aliphatic rings. The number of alkyl carbamates (subject to hydrolysis) is 1. The highest BCUT2D eigenvalue weighted by Gasteiger charge is 2.21. The van der Waals surface area contributed by atoms with Gasteiger partial charge in [0.1, 0.15) is 5.60 Å². The summed E-state index contributed by atoms with van der Waals surface area (Å²) in [5.41, 5.74) is 3.01. The molecule has 1 atom stereocenters. The Morgan fingerprint density at radius 2 is 1.95 bits per heavy atom. The molecule has 5 heterocycles. The third-order valence-corrected chi connectivity index (χ3v) is 7.18. The summed E-state index contributed by atoms with van der Waals surface area (Å²) in [7, 11) is 2.14. The molecule has 0 aromatic carbocycles. The lowest BCUT2D eigenvalue weighted by atomic mass is 10.1. The van der Waals surface area contributed by atoms with Gasteiger partial charge in [-0.25, -0.2) is 24.7 Å². The normalized spacial score (nSPS) is 15.3. The van der Waals surface area contributed by atoms with Gasteiger partial charge < -0.3 is 25.2 Å². The lowest BCUT2D eigenvalue weighted by Crippen LogP contribution is -2.45. The molecule has 206 valence electrons. The zero-order valence-corrected chi connectivity index (χ0v) is 23.6. The number of fused-ring (bicyclic) bond motifs is 1. The summed E-state index contributed by atoms with van der Waals surface area (Å²) in [4.78, 5) is 35.4. The molecule has 0 saturated carbocycles. The Balaban J connectivity index is 1.33. The minimum Gasteiger partial charge on any atom is -0.444 e. The maximum Gasteiger partial charge on any atom is 0.407 e. The molecule has 1 amide bonds. The fourth-order valence-electron chi connectivity index (χ4n) is 4.49. The van der Waals surface area contributed by atoms with Crippen molar-refractivity contribution >= 4 is 34.8 Å². The first-order chi connectivity index (χ1) is 18.8. The topological polar surface area (TPSA) is 113 Å². The number of ether oxygens (including phenoxy) is 1. The van der Waals surface area contributed by atoms with Gasteiger partial charge >= 0.3 is 6.09 Å². The average molecular weight is 550 g/mol. The van der Waals surface area contributed by atoms with Crippen LogP contribution in [0.3, 0.4) is 0 Å². The van der Waals surface area contributed by atoms with Crippen LogP contribution in [0.5, 0.6) is 0 Å². The minimum atomic E-state index is -0.539. The Labute approximate surface area is 232 Å². The minimum absolute atomic E-state index is 0.0864. The van der Waals surface area contributed by atoms with Crippen molar-refractivity contribution in [1.29, 1.82) is 0 Å².